The lowest BCUT2D eigenvalue weighted by atomic mass is 10.4. The topological polar surface area (TPSA) is 23.5 Å². The molecule has 0 aromatic heterocycles. The van der Waals surface area contributed by atoms with Crippen LogP contribution >= 0.6 is 0 Å². The van der Waals surface area contributed by atoms with Crippen molar-refractivity contribution in [3.8, 4) is 0 Å². The van der Waals surface area contributed by atoms with Crippen molar-refractivity contribution < 1.29 is 5.11 Å². The lowest BCUT2D eigenvalue weighted by Crippen LogP contribution is -2.09. The van der Waals surface area contributed by atoms with Crippen molar-refractivity contribution in [1.29, 1.82) is 0 Å². The van der Waals surface area contributed by atoms with Crippen LogP contribution in [0.5, 0.6) is 0 Å². The summed E-state index contributed by atoms with van der Waals surface area (Å²) in [6.45, 7) is 2.05. The van der Waals surface area contributed by atoms with E-state index in [4.69, 9.17) is 5.11 Å². The molecule has 0 saturated heterocycles. The molecule has 0 fully saturated rings. The van der Waals surface area contributed by atoms with Gasteiger partial charge in [-0.3, -0.25) is 0 Å². The molecule has 0 heterocycles. The summed E-state index contributed by atoms with van der Waals surface area (Å²) in [7, 11) is 3.59. The summed E-state index contributed by atoms with van der Waals surface area (Å²) >= 11 is 0. The van der Waals surface area contributed by atoms with Gasteiger partial charge < -0.3 is 10.0 Å². The summed E-state index contributed by atoms with van der Waals surface area (Å²) in [6.07, 6.45) is 6.50. The van der Waals surface area contributed by atoms with Crippen LogP contribution in [-0.4, -0.2) is 24.1 Å². The fraction of sp³-hybridized carbons (Fsp3) is 0.500. The van der Waals surface area contributed by atoms with Gasteiger partial charge in [-0.25, -0.2) is 0 Å². The van der Waals surface area contributed by atoms with Crippen molar-refractivity contribution in [1.82, 2.24) is 4.90 Å². The highest BCUT2D eigenvalue weighted by atomic mass is 16.3. The lowest BCUT2D eigenvalue weighted by molar-refractivity contribution is 0.264. The largest absolute Gasteiger partial charge is 0.495 e. The molecule has 0 aliphatic rings. The summed E-state index contributed by atoms with van der Waals surface area (Å²) in [6, 6.07) is 0. The number of allylic oxidation sites excluding steroid dienone is 3. The Kier molecular flexibility index (Phi) is 4.46. The van der Waals surface area contributed by atoms with Crippen molar-refractivity contribution in [2.75, 3.05) is 14.1 Å². The van der Waals surface area contributed by atoms with Gasteiger partial charge in [-0.15, -0.1) is 0 Å². The molecule has 0 aromatic rings. The van der Waals surface area contributed by atoms with Gasteiger partial charge in [0.05, 0.1) is 0 Å². The minimum atomic E-state index is 0.282. The molecule has 0 unspecified atom stereocenters. The molecule has 0 saturated carbocycles. The molecule has 0 aromatic carbocycles. The molecule has 10 heavy (non-hydrogen) atoms. The average molecular weight is 141 g/mol. The summed E-state index contributed by atoms with van der Waals surface area (Å²) < 4.78 is 0. The number of hydrogen-bond donors (Lipinski definition) is 1. The molecule has 0 aliphatic heterocycles. The summed E-state index contributed by atoms with van der Waals surface area (Å²) in [5.41, 5.74) is 0. The Morgan fingerprint density at radius 1 is 1.50 bits per heavy atom. The number of aliphatic hydroxyl groups excluding tert-OH is 1. The highest BCUT2D eigenvalue weighted by molar-refractivity contribution is 5.04. The molecule has 0 radical (unpaired) electrons. The van der Waals surface area contributed by atoms with Gasteiger partial charge >= 0.3 is 0 Å². The molecule has 0 spiro atoms. The fourth-order valence-electron chi connectivity index (χ4n) is 0.439. The molecule has 1 N–H and O–H groups in total. The zero-order chi connectivity index (χ0) is 7.98. The predicted octanol–water partition coefficient (Wildman–Crippen LogP) is 1.91. The highest BCUT2D eigenvalue weighted by Crippen LogP contribution is 1.92. The third-order valence-electron chi connectivity index (χ3n) is 1.08. The second-order valence-electron chi connectivity index (χ2n) is 2.26. The van der Waals surface area contributed by atoms with Crippen LogP contribution in [0.2, 0.25) is 0 Å². The minimum absolute atomic E-state index is 0.282. The first-order valence-electron chi connectivity index (χ1n) is 3.41. The Labute approximate surface area is 62.5 Å². The summed E-state index contributed by atoms with van der Waals surface area (Å²) in [5.74, 6) is 0.282. The van der Waals surface area contributed by atoms with Crippen LogP contribution in [0.3, 0.4) is 0 Å². The van der Waals surface area contributed by atoms with Crippen LogP contribution in [0.25, 0.3) is 0 Å². The summed E-state index contributed by atoms with van der Waals surface area (Å²) in [5, 5.41) is 9.09. The zero-order valence-electron chi connectivity index (χ0n) is 6.83. The molecular weight excluding hydrogens is 126 g/mol. The van der Waals surface area contributed by atoms with E-state index in [2.05, 4.69) is 6.92 Å². The van der Waals surface area contributed by atoms with Crippen molar-refractivity contribution in [2.24, 2.45) is 0 Å². The Morgan fingerprint density at radius 2 is 2.10 bits per heavy atom. The maximum absolute atomic E-state index is 9.09. The SMILES string of the molecule is CC/C=C/C=C(/O)N(C)C. The van der Waals surface area contributed by atoms with E-state index in [0.29, 0.717) is 0 Å². The van der Waals surface area contributed by atoms with E-state index in [9.17, 15) is 0 Å². The standard InChI is InChI=1S/C8H15NO/c1-4-5-6-7-8(10)9(2)3/h5-7,10H,4H2,1-3H3/b6-5+,8-7+. The van der Waals surface area contributed by atoms with Crippen LogP contribution in [0.4, 0.5) is 0 Å². The highest BCUT2D eigenvalue weighted by Gasteiger charge is 1.88. The Morgan fingerprint density at radius 3 is 2.50 bits per heavy atom. The summed E-state index contributed by atoms with van der Waals surface area (Å²) in [4.78, 5) is 1.65. The first-order chi connectivity index (χ1) is 4.68. The lowest BCUT2D eigenvalue weighted by Gasteiger charge is -2.08. The predicted molar refractivity (Wildman–Crippen MR) is 43.8 cm³/mol. The smallest absolute Gasteiger partial charge is 0.186 e. The molecule has 58 valence electrons. The first-order valence-corrected chi connectivity index (χ1v) is 3.41. The normalized spacial score (nSPS) is 12.5. The number of hydrogen-bond acceptors (Lipinski definition) is 2. The van der Waals surface area contributed by atoms with Gasteiger partial charge in [0.2, 0.25) is 0 Å². The Hall–Kier alpha value is -0.920. The molecule has 2 heteroatoms. The number of nitrogens with zero attached hydrogens (tertiary/aromatic N) is 1. The maximum atomic E-state index is 9.09. The van der Waals surface area contributed by atoms with Crippen LogP contribution in [0.1, 0.15) is 13.3 Å². The fourth-order valence-corrected chi connectivity index (χ4v) is 0.439. The zero-order valence-corrected chi connectivity index (χ0v) is 6.83. The van der Waals surface area contributed by atoms with E-state index in [0.717, 1.165) is 6.42 Å². The molecule has 0 rings (SSSR count). The van der Waals surface area contributed by atoms with Crippen molar-refractivity contribution in [3.63, 3.8) is 0 Å². The van der Waals surface area contributed by atoms with Crippen LogP contribution in [0.15, 0.2) is 24.1 Å². The monoisotopic (exact) mass is 141 g/mol. The molecule has 0 aliphatic carbocycles. The van der Waals surface area contributed by atoms with E-state index < -0.39 is 0 Å². The van der Waals surface area contributed by atoms with E-state index in [1.807, 2.05) is 12.2 Å². The Bertz CT molecular complexity index is 136. The van der Waals surface area contributed by atoms with Crippen molar-refractivity contribution in [3.05, 3.63) is 24.1 Å². The van der Waals surface area contributed by atoms with Gasteiger partial charge in [0.25, 0.3) is 0 Å². The Balaban J connectivity index is 3.79. The third-order valence-corrected chi connectivity index (χ3v) is 1.08. The molecule has 2 nitrogen and oxygen atoms in total. The first kappa shape index (κ1) is 9.08. The van der Waals surface area contributed by atoms with E-state index in [1.54, 1.807) is 25.1 Å². The number of rotatable bonds is 3. The van der Waals surface area contributed by atoms with Crippen molar-refractivity contribution >= 4 is 0 Å². The minimum Gasteiger partial charge on any atom is -0.495 e. The van der Waals surface area contributed by atoms with Crippen LogP contribution in [0, 0.1) is 0 Å². The molecular formula is C8H15NO. The van der Waals surface area contributed by atoms with Gasteiger partial charge in [0.15, 0.2) is 5.88 Å². The van der Waals surface area contributed by atoms with Gasteiger partial charge in [-0.1, -0.05) is 19.1 Å². The van der Waals surface area contributed by atoms with Gasteiger partial charge in [0, 0.05) is 14.1 Å². The quantitative estimate of drug-likeness (QED) is 0.479. The third kappa shape index (κ3) is 4.01. The maximum Gasteiger partial charge on any atom is 0.186 e. The van der Waals surface area contributed by atoms with Crippen LogP contribution < -0.4 is 0 Å². The van der Waals surface area contributed by atoms with Crippen LogP contribution in [-0.2, 0) is 0 Å². The van der Waals surface area contributed by atoms with Gasteiger partial charge in [-0.2, -0.15) is 0 Å². The van der Waals surface area contributed by atoms with Crippen molar-refractivity contribution in [2.45, 2.75) is 13.3 Å². The van der Waals surface area contributed by atoms with E-state index in [1.165, 1.54) is 0 Å². The molecule has 0 amide bonds. The van der Waals surface area contributed by atoms with E-state index in [-0.39, 0.29) is 5.88 Å². The molecule has 0 atom stereocenters. The average Bonchev–Trinajstić information content (AvgIpc) is 1.88. The molecule has 0 bridgehead atoms. The number of aliphatic hydroxyl groups is 1. The second-order valence-corrected chi connectivity index (χ2v) is 2.26. The van der Waals surface area contributed by atoms with Gasteiger partial charge in [-0.05, 0) is 12.5 Å². The second kappa shape index (κ2) is 4.91. The van der Waals surface area contributed by atoms with E-state index >= 15 is 0 Å². The van der Waals surface area contributed by atoms with Gasteiger partial charge in [0.1, 0.15) is 0 Å².